The van der Waals surface area contributed by atoms with Crippen molar-refractivity contribution in [2.45, 2.75) is 0 Å². The number of hydrogen-bond donors (Lipinski definition) is 0. The Bertz CT molecular complexity index is 563. The minimum atomic E-state index is -0.295. The second kappa shape index (κ2) is 7.26. The zero-order chi connectivity index (χ0) is 14.5. The molecule has 0 fully saturated rings. The number of thiocarbonyl (C=S) groups is 2. The van der Waals surface area contributed by atoms with Crippen LogP contribution in [0.5, 0.6) is 0 Å². The van der Waals surface area contributed by atoms with E-state index < -0.39 is 0 Å². The number of benzene rings is 2. The van der Waals surface area contributed by atoms with Crippen molar-refractivity contribution >= 4 is 54.4 Å². The maximum atomic E-state index is 12.8. The molecule has 6 heteroatoms. The molecule has 2 aromatic rings. The van der Waals surface area contributed by atoms with Crippen molar-refractivity contribution in [3.63, 3.8) is 0 Å². The Labute approximate surface area is 134 Å². The highest BCUT2D eigenvalue weighted by Crippen LogP contribution is 2.31. The molecule has 0 nitrogen and oxygen atoms in total. The predicted molar refractivity (Wildman–Crippen MR) is 91.4 cm³/mol. The molecule has 0 spiro atoms. The lowest BCUT2D eigenvalue weighted by Crippen LogP contribution is -1.93. The molecule has 0 amide bonds. The average Bonchev–Trinajstić information content (AvgIpc) is 2.46. The summed E-state index contributed by atoms with van der Waals surface area (Å²) < 4.78 is 26.9. The third-order valence-corrected chi connectivity index (χ3v) is 6.06. The van der Waals surface area contributed by atoms with E-state index in [0.29, 0.717) is 8.39 Å². The van der Waals surface area contributed by atoms with Gasteiger partial charge in [0.05, 0.1) is 8.39 Å². The lowest BCUT2D eigenvalue weighted by Gasteiger charge is -2.05. The molecule has 0 aliphatic rings. The van der Waals surface area contributed by atoms with E-state index in [1.807, 2.05) is 0 Å². The summed E-state index contributed by atoms with van der Waals surface area (Å²) in [4.78, 5) is 0. The molecule has 0 bridgehead atoms. The van der Waals surface area contributed by atoms with E-state index in [2.05, 4.69) is 0 Å². The monoisotopic (exact) mass is 342 g/mol. The Kier molecular flexibility index (Phi) is 5.65. The molecule has 0 N–H and O–H groups in total. The lowest BCUT2D eigenvalue weighted by atomic mass is 10.2. The van der Waals surface area contributed by atoms with E-state index >= 15 is 0 Å². The fourth-order valence-electron chi connectivity index (χ4n) is 1.34. The van der Waals surface area contributed by atoms with E-state index in [9.17, 15) is 8.78 Å². The second-order valence-corrected chi connectivity index (χ2v) is 7.24. The van der Waals surface area contributed by atoms with Crippen LogP contribution >= 0.6 is 46.0 Å². The number of rotatable bonds is 2. The topological polar surface area (TPSA) is 0 Å². The van der Waals surface area contributed by atoms with Gasteiger partial charge in [-0.2, -0.15) is 0 Å². The zero-order valence-electron chi connectivity index (χ0n) is 10.0. The molecule has 2 aromatic carbocycles. The van der Waals surface area contributed by atoms with Crippen molar-refractivity contribution in [3.8, 4) is 0 Å². The molecule has 0 aromatic heterocycles. The first-order valence-electron chi connectivity index (χ1n) is 5.50. The maximum Gasteiger partial charge on any atom is 0.123 e. The molecule has 2 rings (SSSR count). The summed E-state index contributed by atoms with van der Waals surface area (Å²) in [6.45, 7) is 0. The largest absolute Gasteiger partial charge is 0.207 e. The first kappa shape index (κ1) is 15.6. The predicted octanol–water partition coefficient (Wildman–Crippen LogP) is 5.40. The lowest BCUT2D eigenvalue weighted by molar-refractivity contribution is 0.627. The van der Waals surface area contributed by atoms with Crippen molar-refractivity contribution in [2.75, 3.05) is 0 Å². The van der Waals surface area contributed by atoms with Crippen LogP contribution in [0.1, 0.15) is 11.1 Å². The third kappa shape index (κ3) is 4.34. The standard InChI is InChI=1S/C14H8F2S4/c15-11-5-1-9(2-6-11)13(17)19-20-14(18)10-3-7-12(16)8-4-10/h1-8H. The number of hydrogen-bond acceptors (Lipinski definition) is 4. The van der Waals surface area contributed by atoms with Crippen LogP contribution in [0.4, 0.5) is 8.78 Å². The van der Waals surface area contributed by atoms with Crippen LogP contribution in [0.2, 0.25) is 0 Å². The van der Waals surface area contributed by atoms with Crippen LogP contribution < -0.4 is 0 Å². The fraction of sp³-hybridized carbons (Fsp3) is 0. The van der Waals surface area contributed by atoms with Gasteiger partial charge >= 0.3 is 0 Å². The molecule has 0 saturated carbocycles. The van der Waals surface area contributed by atoms with Gasteiger partial charge in [-0.3, -0.25) is 0 Å². The van der Waals surface area contributed by atoms with Crippen LogP contribution in [-0.2, 0) is 0 Å². The molecule has 0 saturated heterocycles. The summed E-state index contributed by atoms with van der Waals surface area (Å²) in [6.07, 6.45) is 0. The highest BCUT2D eigenvalue weighted by Gasteiger charge is 2.07. The number of halogens is 2. The van der Waals surface area contributed by atoms with Gasteiger partial charge in [-0.05, 0) is 45.9 Å². The van der Waals surface area contributed by atoms with Crippen LogP contribution in [-0.4, -0.2) is 8.39 Å². The Morgan fingerprint density at radius 1 is 0.650 bits per heavy atom. The third-order valence-electron chi connectivity index (χ3n) is 2.35. The van der Waals surface area contributed by atoms with Crippen molar-refractivity contribution in [1.29, 1.82) is 0 Å². The average molecular weight is 342 g/mol. The molecule has 0 aliphatic heterocycles. The van der Waals surface area contributed by atoms with Crippen LogP contribution in [0.25, 0.3) is 0 Å². The molecule has 0 aliphatic carbocycles. The van der Waals surface area contributed by atoms with E-state index in [0.717, 1.165) is 11.1 Å². The molecule has 0 heterocycles. The summed E-state index contributed by atoms with van der Waals surface area (Å²) in [6, 6.07) is 12.0. The van der Waals surface area contributed by atoms with Gasteiger partial charge in [-0.25, -0.2) is 8.78 Å². The summed E-state index contributed by atoms with van der Waals surface area (Å²) in [5, 5.41) is 0. The summed E-state index contributed by atoms with van der Waals surface area (Å²) in [5.74, 6) is -0.591. The molecular formula is C14H8F2S4. The van der Waals surface area contributed by atoms with E-state index in [4.69, 9.17) is 24.4 Å². The van der Waals surface area contributed by atoms with Gasteiger partial charge in [0.15, 0.2) is 0 Å². The highest BCUT2D eigenvalue weighted by atomic mass is 33.1. The summed E-state index contributed by atoms with van der Waals surface area (Å²) in [5.41, 5.74) is 1.56. The van der Waals surface area contributed by atoms with Crippen LogP contribution in [0.3, 0.4) is 0 Å². The van der Waals surface area contributed by atoms with E-state index in [1.165, 1.54) is 45.9 Å². The summed E-state index contributed by atoms with van der Waals surface area (Å²) >= 11 is 10.5. The molecule has 102 valence electrons. The van der Waals surface area contributed by atoms with Gasteiger partial charge in [0, 0.05) is 11.1 Å². The van der Waals surface area contributed by atoms with Crippen LogP contribution in [0.15, 0.2) is 48.5 Å². The van der Waals surface area contributed by atoms with Gasteiger partial charge in [0.2, 0.25) is 0 Å². The van der Waals surface area contributed by atoms with Gasteiger partial charge in [-0.15, -0.1) is 0 Å². The van der Waals surface area contributed by atoms with E-state index in [-0.39, 0.29) is 11.6 Å². The minimum Gasteiger partial charge on any atom is -0.207 e. The van der Waals surface area contributed by atoms with Gasteiger partial charge in [0.25, 0.3) is 0 Å². The first-order valence-corrected chi connectivity index (χ1v) is 8.47. The van der Waals surface area contributed by atoms with Gasteiger partial charge < -0.3 is 0 Å². The maximum absolute atomic E-state index is 12.8. The van der Waals surface area contributed by atoms with Crippen molar-refractivity contribution in [1.82, 2.24) is 0 Å². The van der Waals surface area contributed by atoms with Crippen molar-refractivity contribution in [3.05, 3.63) is 71.3 Å². The summed E-state index contributed by atoms with van der Waals surface area (Å²) in [7, 11) is 2.67. The first-order chi connectivity index (χ1) is 9.56. The van der Waals surface area contributed by atoms with Crippen LogP contribution in [0, 0.1) is 11.6 Å². The molecule has 0 radical (unpaired) electrons. The van der Waals surface area contributed by atoms with Crippen molar-refractivity contribution < 1.29 is 8.78 Å². The quantitative estimate of drug-likeness (QED) is 0.529. The van der Waals surface area contributed by atoms with E-state index in [1.54, 1.807) is 24.3 Å². The minimum absolute atomic E-state index is 0.295. The van der Waals surface area contributed by atoms with Crippen molar-refractivity contribution in [2.24, 2.45) is 0 Å². The van der Waals surface area contributed by atoms with Gasteiger partial charge in [-0.1, -0.05) is 48.7 Å². The molecular weight excluding hydrogens is 334 g/mol. The Balaban J connectivity index is 1.94. The smallest absolute Gasteiger partial charge is 0.123 e. The normalized spacial score (nSPS) is 10.3. The fourth-order valence-corrected chi connectivity index (χ4v) is 3.88. The molecule has 0 unspecified atom stereocenters. The Morgan fingerprint density at radius 2 is 0.950 bits per heavy atom. The highest BCUT2D eigenvalue weighted by molar-refractivity contribution is 8.90. The second-order valence-electron chi connectivity index (χ2n) is 3.76. The SMILES string of the molecule is Fc1ccc(C(=S)SSC(=S)c2ccc(F)cc2)cc1. The molecule has 0 atom stereocenters. The Hall–Kier alpha value is -0.820. The van der Waals surface area contributed by atoms with Gasteiger partial charge in [0.1, 0.15) is 11.6 Å². The Morgan fingerprint density at radius 3 is 1.25 bits per heavy atom. The zero-order valence-corrected chi connectivity index (χ0v) is 13.3. The molecule has 20 heavy (non-hydrogen) atoms.